The fraction of sp³-hybridized carbons (Fsp3) is 0.280. The van der Waals surface area contributed by atoms with Gasteiger partial charge in [0.25, 0.3) is 0 Å². The summed E-state index contributed by atoms with van der Waals surface area (Å²) in [5.41, 5.74) is 10.8. The molecule has 3 N–H and O–H groups in total. The molecule has 8 heteroatoms. The van der Waals surface area contributed by atoms with Crippen molar-refractivity contribution < 1.29 is 4.74 Å². The number of benzene rings is 1. The molecule has 0 bridgehead atoms. The van der Waals surface area contributed by atoms with Gasteiger partial charge < -0.3 is 15.5 Å². The third-order valence-electron chi connectivity index (χ3n) is 6.13. The summed E-state index contributed by atoms with van der Waals surface area (Å²) in [6.45, 7) is 5.20. The zero-order valence-electron chi connectivity index (χ0n) is 19.0. The number of anilines is 1. The smallest absolute Gasteiger partial charge is 0.220 e. The third kappa shape index (κ3) is 3.82. The summed E-state index contributed by atoms with van der Waals surface area (Å²) >= 11 is 0. The number of rotatable bonds is 6. The van der Waals surface area contributed by atoms with E-state index >= 15 is 0 Å². The maximum atomic E-state index is 6.23. The van der Waals surface area contributed by atoms with Crippen LogP contribution in [-0.4, -0.2) is 37.9 Å². The van der Waals surface area contributed by atoms with Crippen molar-refractivity contribution in [1.29, 1.82) is 0 Å². The van der Waals surface area contributed by atoms with Gasteiger partial charge in [0.1, 0.15) is 11.1 Å². The largest absolute Gasteiger partial charge is 0.368 e. The fourth-order valence-corrected chi connectivity index (χ4v) is 4.41. The molecule has 4 heterocycles. The molecule has 0 fully saturated rings. The van der Waals surface area contributed by atoms with Crippen LogP contribution in [0.2, 0.25) is 0 Å². The van der Waals surface area contributed by atoms with E-state index in [-0.39, 0.29) is 11.9 Å². The highest BCUT2D eigenvalue weighted by Gasteiger charge is 2.32. The summed E-state index contributed by atoms with van der Waals surface area (Å²) in [6.07, 6.45) is 8.08. The van der Waals surface area contributed by atoms with Crippen molar-refractivity contribution in [2.24, 2.45) is 12.0 Å². The fourth-order valence-electron chi connectivity index (χ4n) is 4.41. The molecule has 1 aromatic carbocycles. The molecule has 2 unspecified atom stereocenters. The Bertz CT molecular complexity index is 1410. The molecule has 0 spiro atoms. The molecule has 3 aromatic heterocycles. The second-order valence-corrected chi connectivity index (χ2v) is 8.35. The molecule has 8 nitrogen and oxygen atoms in total. The number of hydrogen-bond acceptors (Lipinski definition) is 6. The van der Waals surface area contributed by atoms with Gasteiger partial charge >= 0.3 is 0 Å². The van der Waals surface area contributed by atoms with E-state index in [0.717, 1.165) is 33.1 Å². The summed E-state index contributed by atoms with van der Waals surface area (Å²) in [7, 11) is 1.92. The van der Waals surface area contributed by atoms with Crippen molar-refractivity contribution in [3.8, 4) is 11.3 Å². The Morgan fingerprint density at radius 2 is 2.06 bits per heavy atom. The summed E-state index contributed by atoms with van der Waals surface area (Å²) < 4.78 is 8.04. The van der Waals surface area contributed by atoms with Crippen LogP contribution in [0.5, 0.6) is 0 Å². The average Bonchev–Trinajstić information content (AvgIpc) is 3.45. The number of nitrogen functional groups attached to an aromatic ring is 1. The van der Waals surface area contributed by atoms with E-state index in [4.69, 9.17) is 15.5 Å². The maximum absolute atomic E-state index is 6.23. The number of nitrogens with one attached hydrogen (secondary N) is 1. The van der Waals surface area contributed by atoms with E-state index in [2.05, 4.69) is 26.1 Å². The number of aromatic amines is 1. The second kappa shape index (κ2) is 8.29. The van der Waals surface area contributed by atoms with Crippen LogP contribution in [0.3, 0.4) is 0 Å². The third-order valence-corrected chi connectivity index (χ3v) is 6.13. The summed E-state index contributed by atoms with van der Waals surface area (Å²) in [5.74, 6) is 0.355. The monoisotopic (exact) mass is 441 g/mol. The molecular formula is C25H27N7O. The van der Waals surface area contributed by atoms with Crippen LogP contribution in [0.25, 0.3) is 17.3 Å². The Labute approximate surface area is 191 Å². The number of aryl methyl sites for hydroxylation is 1. The SMILES string of the molecule is CCOC(C)(c1ccccc1)c1cc(-c2c[nH]c3c2=CC(c2cnn(C)c2)CN=3)nc(N)n1. The molecule has 5 rings (SSSR count). The standard InChI is InChI=1S/C25H27N7O/c1-4-33-25(2,18-8-6-5-7-9-18)22-11-21(30-24(26)31-22)20-14-28-23-19(20)10-16(12-27-23)17-13-29-32(3)15-17/h5-11,13-16H,4,12H2,1-3H3,(H,27,28)(H2,26,30,31). The van der Waals surface area contributed by atoms with Crippen molar-refractivity contribution in [2.75, 3.05) is 18.9 Å². The van der Waals surface area contributed by atoms with E-state index in [1.165, 1.54) is 0 Å². The molecular weight excluding hydrogens is 414 g/mol. The number of nitrogens with zero attached hydrogens (tertiary/aromatic N) is 5. The molecule has 33 heavy (non-hydrogen) atoms. The van der Waals surface area contributed by atoms with Crippen LogP contribution in [-0.2, 0) is 17.4 Å². The van der Waals surface area contributed by atoms with Crippen LogP contribution in [0.15, 0.2) is 60.0 Å². The lowest BCUT2D eigenvalue weighted by Gasteiger charge is -2.30. The first-order valence-electron chi connectivity index (χ1n) is 11.0. The van der Waals surface area contributed by atoms with Gasteiger partial charge in [-0.1, -0.05) is 36.4 Å². The predicted octanol–water partition coefficient (Wildman–Crippen LogP) is 2.28. The van der Waals surface area contributed by atoms with Gasteiger partial charge in [0.2, 0.25) is 5.95 Å². The quantitative estimate of drug-likeness (QED) is 0.477. The molecule has 0 radical (unpaired) electrons. The van der Waals surface area contributed by atoms with Crippen molar-refractivity contribution in [2.45, 2.75) is 25.4 Å². The van der Waals surface area contributed by atoms with Gasteiger partial charge in [-0.3, -0.25) is 9.67 Å². The molecule has 0 saturated heterocycles. The van der Waals surface area contributed by atoms with Crippen LogP contribution in [0.4, 0.5) is 5.95 Å². The van der Waals surface area contributed by atoms with E-state index in [0.29, 0.717) is 18.8 Å². The van der Waals surface area contributed by atoms with E-state index < -0.39 is 5.60 Å². The Balaban J connectivity index is 1.63. The molecule has 4 aromatic rings. The van der Waals surface area contributed by atoms with Crippen LogP contribution >= 0.6 is 0 Å². The van der Waals surface area contributed by atoms with Crippen molar-refractivity contribution >= 4 is 12.0 Å². The van der Waals surface area contributed by atoms with Gasteiger partial charge in [0.05, 0.1) is 24.1 Å². The van der Waals surface area contributed by atoms with Crippen LogP contribution in [0.1, 0.15) is 36.6 Å². The first-order chi connectivity index (χ1) is 16.0. The first-order valence-corrected chi connectivity index (χ1v) is 11.0. The zero-order valence-corrected chi connectivity index (χ0v) is 19.0. The van der Waals surface area contributed by atoms with Crippen molar-refractivity contribution in [3.05, 3.63) is 82.5 Å². The Morgan fingerprint density at radius 3 is 2.79 bits per heavy atom. The molecule has 1 aliphatic heterocycles. The summed E-state index contributed by atoms with van der Waals surface area (Å²) in [6, 6.07) is 12.0. The average molecular weight is 442 g/mol. The number of hydrogen-bond donors (Lipinski definition) is 2. The number of nitrogens with two attached hydrogens (primary N) is 1. The number of fused-ring (bicyclic) bond motifs is 1. The van der Waals surface area contributed by atoms with Crippen molar-refractivity contribution in [1.82, 2.24) is 24.7 Å². The van der Waals surface area contributed by atoms with E-state index in [1.54, 1.807) is 0 Å². The van der Waals surface area contributed by atoms with Crippen LogP contribution in [0, 0.1) is 0 Å². The molecule has 0 aliphatic carbocycles. The Morgan fingerprint density at radius 1 is 1.24 bits per heavy atom. The van der Waals surface area contributed by atoms with Gasteiger partial charge in [-0.25, -0.2) is 9.97 Å². The molecule has 0 saturated carbocycles. The lowest BCUT2D eigenvalue weighted by atomic mass is 9.91. The van der Waals surface area contributed by atoms with Gasteiger partial charge in [-0.15, -0.1) is 0 Å². The van der Waals surface area contributed by atoms with Gasteiger partial charge in [0.15, 0.2) is 0 Å². The van der Waals surface area contributed by atoms with E-state index in [1.807, 2.05) is 80.6 Å². The molecule has 1 aliphatic rings. The number of ether oxygens (including phenoxy) is 1. The normalized spacial score (nSPS) is 17.0. The van der Waals surface area contributed by atoms with Crippen LogP contribution < -0.4 is 16.4 Å². The zero-order chi connectivity index (χ0) is 23.0. The minimum Gasteiger partial charge on any atom is -0.368 e. The lowest BCUT2D eigenvalue weighted by molar-refractivity contribution is 0.000859. The topological polar surface area (TPSA) is 107 Å². The molecule has 0 amide bonds. The summed E-state index contributed by atoms with van der Waals surface area (Å²) in [5, 5.41) is 5.32. The highest BCUT2D eigenvalue weighted by molar-refractivity contribution is 5.64. The second-order valence-electron chi connectivity index (χ2n) is 8.35. The molecule has 2 atom stereocenters. The van der Waals surface area contributed by atoms with E-state index in [9.17, 15) is 0 Å². The number of H-pyrrole nitrogens is 1. The minimum atomic E-state index is -0.759. The van der Waals surface area contributed by atoms with Gasteiger partial charge in [0, 0.05) is 42.7 Å². The van der Waals surface area contributed by atoms with Gasteiger partial charge in [-0.05, 0) is 31.0 Å². The maximum Gasteiger partial charge on any atom is 0.220 e. The minimum absolute atomic E-state index is 0.150. The summed E-state index contributed by atoms with van der Waals surface area (Å²) in [4.78, 5) is 17.2. The lowest BCUT2D eigenvalue weighted by Crippen LogP contribution is -2.31. The first kappa shape index (κ1) is 21.1. The number of aromatic nitrogens is 5. The van der Waals surface area contributed by atoms with Gasteiger partial charge in [-0.2, -0.15) is 5.10 Å². The van der Waals surface area contributed by atoms with Crippen molar-refractivity contribution in [3.63, 3.8) is 0 Å². The predicted molar refractivity (Wildman–Crippen MR) is 127 cm³/mol. The molecule has 168 valence electrons. The highest BCUT2D eigenvalue weighted by atomic mass is 16.5. The Kier molecular flexibility index (Phi) is 5.30. The Hall–Kier alpha value is -3.78. The highest BCUT2D eigenvalue weighted by Crippen LogP contribution is 2.34.